The third-order valence-corrected chi connectivity index (χ3v) is 5.11. The Morgan fingerprint density at radius 2 is 2.00 bits per heavy atom. The maximum atomic E-state index is 12.2. The summed E-state index contributed by atoms with van der Waals surface area (Å²) in [4.78, 5) is 12.2. The molecule has 0 saturated heterocycles. The van der Waals surface area contributed by atoms with Crippen molar-refractivity contribution >= 4 is 51.1 Å². The molecule has 0 bridgehead atoms. The van der Waals surface area contributed by atoms with Gasteiger partial charge in [0.05, 0.1) is 15.2 Å². The van der Waals surface area contributed by atoms with Crippen LogP contribution in [-0.4, -0.2) is 28.8 Å². The Morgan fingerprint density at radius 1 is 1.30 bits per heavy atom. The number of aromatic hydroxyl groups is 1. The molecule has 1 aliphatic carbocycles. The van der Waals surface area contributed by atoms with Gasteiger partial charge in [0, 0.05) is 16.0 Å². The number of carbonyl (C=O) groups is 1. The normalized spacial score (nSPS) is 22.6. The largest absolute Gasteiger partial charge is 0.506 e. The highest BCUT2D eigenvalue weighted by Crippen LogP contribution is 2.27. The summed E-state index contributed by atoms with van der Waals surface area (Å²) in [6.07, 6.45) is 3.59. The Bertz CT molecular complexity index is 507. The molecule has 110 valence electrons. The van der Waals surface area contributed by atoms with E-state index in [0.29, 0.717) is 15.7 Å². The number of hydrogen-bond acceptors (Lipinski definition) is 3. The van der Waals surface area contributed by atoms with Crippen LogP contribution in [0.5, 0.6) is 5.75 Å². The molecule has 1 saturated carbocycles. The predicted molar refractivity (Wildman–Crippen MR) is 93.8 cm³/mol. The van der Waals surface area contributed by atoms with Crippen LogP contribution in [0.3, 0.4) is 0 Å². The van der Waals surface area contributed by atoms with E-state index in [9.17, 15) is 15.0 Å². The number of benzene rings is 1. The van der Waals surface area contributed by atoms with Gasteiger partial charge in [-0.25, -0.2) is 0 Å². The van der Waals surface area contributed by atoms with Crippen LogP contribution in [0.25, 0.3) is 0 Å². The molecule has 1 aromatic rings. The minimum absolute atomic E-state index is 0.0210. The molecule has 0 aromatic heterocycles. The summed E-state index contributed by atoms with van der Waals surface area (Å²) in [6, 6.07) is 3.49. The Kier molecular flexibility index (Phi) is 5.91. The highest BCUT2D eigenvalue weighted by molar-refractivity contribution is 14.1. The van der Waals surface area contributed by atoms with Gasteiger partial charge in [-0.2, -0.15) is 0 Å². The van der Waals surface area contributed by atoms with Crippen molar-refractivity contribution in [1.82, 2.24) is 5.32 Å². The zero-order valence-corrected chi connectivity index (χ0v) is 15.2. The lowest BCUT2D eigenvalue weighted by Crippen LogP contribution is -2.36. The lowest BCUT2D eigenvalue weighted by atomic mass is 9.86. The second kappa shape index (κ2) is 7.26. The van der Waals surface area contributed by atoms with E-state index < -0.39 is 0 Å². The van der Waals surface area contributed by atoms with Crippen molar-refractivity contribution in [2.24, 2.45) is 5.92 Å². The fraction of sp³-hybridized carbons (Fsp3) is 0.500. The van der Waals surface area contributed by atoms with Gasteiger partial charge in [0.2, 0.25) is 0 Å². The first-order chi connectivity index (χ1) is 9.49. The smallest absolute Gasteiger partial charge is 0.255 e. The van der Waals surface area contributed by atoms with Gasteiger partial charge in [-0.05, 0) is 70.2 Å². The first-order valence-electron chi connectivity index (χ1n) is 6.63. The van der Waals surface area contributed by atoms with Crippen molar-refractivity contribution in [3.05, 3.63) is 24.8 Å². The molecule has 1 amide bonds. The van der Waals surface area contributed by atoms with Crippen LogP contribution in [0.15, 0.2) is 12.1 Å². The summed E-state index contributed by atoms with van der Waals surface area (Å²) in [6.45, 7) is 0.460. The Hall–Kier alpha value is -0.0900. The number of phenolic OH excluding ortho intramolecular Hbond substituents is 1. The number of amides is 1. The van der Waals surface area contributed by atoms with E-state index in [1.165, 1.54) is 0 Å². The fourth-order valence-corrected chi connectivity index (χ4v) is 4.33. The fourth-order valence-electron chi connectivity index (χ4n) is 2.48. The number of carbonyl (C=O) groups excluding carboxylic acids is 1. The zero-order chi connectivity index (χ0) is 14.7. The molecule has 3 N–H and O–H groups in total. The Morgan fingerprint density at radius 3 is 2.70 bits per heavy atom. The van der Waals surface area contributed by atoms with Crippen LogP contribution in [0.1, 0.15) is 36.0 Å². The van der Waals surface area contributed by atoms with Crippen LogP contribution in [0.2, 0.25) is 0 Å². The quantitative estimate of drug-likeness (QED) is 0.559. The van der Waals surface area contributed by atoms with Gasteiger partial charge in [-0.15, -0.1) is 0 Å². The third-order valence-electron chi connectivity index (χ3n) is 3.67. The van der Waals surface area contributed by atoms with Gasteiger partial charge >= 0.3 is 0 Å². The van der Waals surface area contributed by atoms with Crippen LogP contribution < -0.4 is 5.32 Å². The molecular formula is C14H17I2NO3. The number of phenols is 1. The van der Waals surface area contributed by atoms with E-state index in [0.717, 1.165) is 29.3 Å². The Labute approximate surface area is 145 Å². The molecule has 0 heterocycles. The average molecular weight is 501 g/mol. The second-order valence-corrected chi connectivity index (χ2v) is 7.51. The zero-order valence-electron chi connectivity index (χ0n) is 10.9. The molecule has 2 unspecified atom stereocenters. The monoisotopic (exact) mass is 501 g/mol. The average Bonchev–Trinajstić information content (AvgIpc) is 2.41. The summed E-state index contributed by atoms with van der Waals surface area (Å²) in [5.74, 6) is -0.138. The molecular weight excluding hydrogens is 484 g/mol. The summed E-state index contributed by atoms with van der Waals surface area (Å²) in [5, 5.41) is 22.7. The highest BCUT2D eigenvalue weighted by atomic mass is 127. The maximum Gasteiger partial charge on any atom is 0.255 e. The molecule has 2 rings (SSSR count). The van der Waals surface area contributed by atoms with E-state index in [4.69, 9.17) is 0 Å². The molecule has 0 radical (unpaired) electrons. The number of aliphatic hydroxyl groups excluding tert-OH is 1. The van der Waals surface area contributed by atoms with Crippen LogP contribution in [0.4, 0.5) is 0 Å². The van der Waals surface area contributed by atoms with Crippen LogP contribution in [0, 0.1) is 13.1 Å². The Balaban J connectivity index is 2.01. The lowest BCUT2D eigenvalue weighted by molar-refractivity contribution is 0.0662. The number of nitrogens with one attached hydrogen (secondary N) is 1. The van der Waals surface area contributed by atoms with E-state index in [-0.39, 0.29) is 23.7 Å². The van der Waals surface area contributed by atoms with Gasteiger partial charge in [0.15, 0.2) is 0 Å². The van der Waals surface area contributed by atoms with Crippen molar-refractivity contribution in [2.75, 3.05) is 6.54 Å². The SMILES string of the molecule is O=C(NCC1CCCCC1O)c1cc(I)cc(I)c1O. The first kappa shape index (κ1) is 16.3. The van der Waals surface area contributed by atoms with Crippen molar-refractivity contribution in [3.8, 4) is 5.75 Å². The predicted octanol–water partition coefficient (Wildman–Crippen LogP) is 2.88. The van der Waals surface area contributed by atoms with Crippen molar-refractivity contribution in [2.45, 2.75) is 31.8 Å². The topological polar surface area (TPSA) is 69.6 Å². The molecule has 6 heteroatoms. The highest BCUT2D eigenvalue weighted by Gasteiger charge is 2.24. The summed E-state index contributed by atoms with van der Waals surface area (Å²) in [7, 11) is 0. The van der Waals surface area contributed by atoms with Gasteiger partial charge in [-0.1, -0.05) is 12.8 Å². The van der Waals surface area contributed by atoms with E-state index in [1.807, 2.05) is 28.7 Å². The summed E-state index contributed by atoms with van der Waals surface area (Å²) < 4.78 is 1.57. The molecule has 4 nitrogen and oxygen atoms in total. The van der Waals surface area contributed by atoms with Crippen molar-refractivity contribution in [1.29, 1.82) is 0 Å². The molecule has 1 fully saturated rings. The van der Waals surface area contributed by atoms with Crippen molar-refractivity contribution in [3.63, 3.8) is 0 Å². The van der Waals surface area contributed by atoms with Crippen molar-refractivity contribution < 1.29 is 15.0 Å². The summed E-state index contributed by atoms with van der Waals surface area (Å²) in [5.41, 5.74) is 0.298. The molecule has 0 aliphatic heterocycles. The minimum atomic E-state index is -0.325. The van der Waals surface area contributed by atoms with Crippen LogP contribution in [-0.2, 0) is 0 Å². The number of rotatable bonds is 3. The number of halogens is 2. The van der Waals surface area contributed by atoms with Gasteiger partial charge in [-0.3, -0.25) is 4.79 Å². The number of aliphatic hydroxyl groups is 1. The van der Waals surface area contributed by atoms with Gasteiger partial charge in [0.1, 0.15) is 5.75 Å². The van der Waals surface area contributed by atoms with Crippen LogP contribution >= 0.6 is 45.2 Å². The van der Waals surface area contributed by atoms with Gasteiger partial charge in [0.25, 0.3) is 5.91 Å². The van der Waals surface area contributed by atoms with E-state index >= 15 is 0 Å². The molecule has 2 atom stereocenters. The second-order valence-electron chi connectivity index (χ2n) is 5.11. The third kappa shape index (κ3) is 3.97. The molecule has 1 aliphatic rings. The lowest BCUT2D eigenvalue weighted by Gasteiger charge is -2.27. The van der Waals surface area contributed by atoms with Gasteiger partial charge < -0.3 is 15.5 Å². The minimum Gasteiger partial charge on any atom is -0.506 e. The molecule has 20 heavy (non-hydrogen) atoms. The number of hydrogen-bond donors (Lipinski definition) is 3. The summed E-state index contributed by atoms with van der Waals surface area (Å²) >= 11 is 4.13. The van der Waals surface area contributed by atoms with E-state index in [1.54, 1.807) is 6.07 Å². The molecule has 0 spiro atoms. The van der Waals surface area contributed by atoms with E-state index in [2.05, 4.69) is 27.9 Å². The standard InChI is InChI=1S/C14H17I2NO3/c15-9-5-10(13(19)11(16)6-9)14(20)17-7-8-3-1-2-4-12(8)18/h5-6,8,12,18-19H,1-4,7H2,(H,17,20). The first-order valence-corrected chi connectivity index (χ1v) is 8.79. The maximum absolute atomic E-state index is 12.2. The molecule has 1 aromatic carbocycles.